The lowest BCUT2D eigenvalue weighted by Gasteiger charge is -2.29. The summed E-state index contributed by atoms with van der Waals surface area (Å²) >= 11 is 0. The Morgan fingerprint density at radius 3 is 2.48 bits per heavy atom. The number of aliphatic hydroxyl groups is 1. The molecule has 0 spiro atoms. The molecule has 0 bridgehead atoms. The van der Waals surface area contributed by atoms with Gasteiger partial charge in [0.15, 0.2) is 0 Å². The van der Waals surface area contributed by atoms with Gasteiger partial charge in [-0.05, 0) is 30.0 Å². The molecular weight excluding hydrogens is 420 g/mol. The Morgan fingerprint density at radius 1 is 1.09 bits per heavy atom. The number of carbonyl (C=O) groups excluding carboxylic acids is 2. The van der Waals surface area contributed by atoms with Gasteiger partial charge in [0.1, 0.15) is 0 Å². The molecule has 0 saturated carbocycles. The third-order valence-electron chi connectivity index (χ3n) is 6.06. The first-order valence-corrected chi connectivity index (χ1v) is 12.0. The van der Waals surface area contributed by atoms with Crippen LogP contribution >= 0.6 is 0 Å². The van der Waals surface area contributed by atoms with Crippen molar-refractivity contribution in [3.63, 3.8) is 0 Å². The standard InChI is InChI=1S/C25H36N4O4/c1-18(2)25-27-26-23(33-25)11-12-24(32)28-13-7-5-4-6-8-14-29(19(3)31)22-15-20(17-30)9-10-21(22)16-28/h9-10,15,18,30H,4-8,11-14,16-17H2,1-3H3. The normalized spacial score (nSPS) is 15.7. The lowest BCUT2D eigenvalue weighted by atomic mass is 10.0. The van der Waals surface area contributed by atoms with Crippen molar-refractivity contribution in [2.75, 3.05) is 18.0 Å². The highest BCUT2D eigenvalue weighted by Crippen LogP contribution is 2.27. The van der Waals surface area contributed by atoms with Gasteiger partial charge in [-0.2, -0.15) is 0 Å². The number of benzene rings is 1. The van der Waals surface area contributed by atoms with Crippen molar-refractivity contribution in [1.29, 1.82) is 0 Å². The number of rotatable bonds is 5. The van der Waals surface area contributed by atoms with Crippen LogP contribution in [0.25, 0.3) is 0 Å². The third kappa shape index (κ3) is 6.87. The van der Waals surface area contributed by atoms with Crippen LogP contribution in [-0.4, -0.2) is 45.1 Å². The zero-order valence-corrected chi connectivity index (χ0v) is 20.0. The molecule has 180 valence electrons. The summed E-state index contributed by atoms with van der Waals surface area (Å²) in [5.41, 5.74) is 2.45. The predicted octanol–water partition coefficient (Wildman–Crippen LogP) is 3.96. The molecule has 2 heterocycles. The van der Waals surface area contributed by atoms with Crippen LogP contribution in [0.3, 0.4) is 0 Å². The van der Waals surface area contributed by atoms with Crippen LogP contribution in [0.1, 0.15) is 88.1 Å². The predicted molar refractivity (Wildman–Crippen MR) is 126 cm³/mol. The summed E-state index contributed by atoms with van der Waals surface area (Å²) in [6.07, 6.45) is 5.77. The molecule has 3 rings (SSSR count). The number of aromatic nitrogens is 2. The minimum atomic E-state index is -0.0930. The van der Waals surface area contributed by atoms with E-state index in [-0.39, 0.29) is 24.3 Å². The highest BCUT2D eigenvalue weighted by molar-refractivity contribution is 5.92. The van der Waals surface area contributed by atoms with Gasteiger partial charge in [-0.1, -0.05) is 45.2 Å². The highest BCUT2D eigenvalue weighted by Gasteiger charge is 2.21. The van der Waals surface area contributed by atoms with E-state index in [4.69, 9.17) is 4.42 Å². The summed E-state index contributed by atoms with van der Waals surface area (Å²) < 4.78 is 5.66. The smallest absolute Gasteiger partial charge is 0.223 e. The number of hydrogen-bond donors (Lipinski definition) is 1. The Bertz CT molecular complexity index is 940. The van der Waals surface area contributed by atoms with Gasteiger partial charge in [0.2, 0.25) is 23.6 Å². The first kappa shape index (κ1) is 24.9. The largest absolute Gasteiger partial charge is 0.425 e. The molecule has 0 aliphatic carbocycles. The van der Waals surface area contributed by atoms with Gasteiger partial charge in [0.25, 0.3) is 0 Å². The van der Waals surface area contributed by atoms with Crippen LogP contribution in [0, 0.1) is 0 Å². The number of hydrogen-bond acceptors (Lipinski definition) is 6. The SMILES string of the molecule is CC(=O)N1CCCCCCCN(C(=O)CCc2nnc(C(C)C)o2)Cc2ccc(CO)cc21. The molecule has 0 fully saturated rings. The van der Waals surface area contributed by atoms with Crippen LogP contribution in [-0.2, 0) is 29.2 Å². The second-order valence-electron chi connectivity index (χ2n) is 9.06. The van der Waals surface area contributed by atoms with E-state index >= 15 is 0 Å². The summed E-state index contributed by atoms with van der Waals surface area (Å²) in [6.45, 7) is 7.18. The molecule has 8 nitrogen and oxygen atoms in total. The Labute approximate surface area is 196 Å². The minimum Gasteiger partial charge on any atom is -0.425 e. The number of fused-ring (bicyclic) bond motifs is 1. The molecule has 1 aromatic carbocycles. The quantitative estimate of drug-likeness (QED) is 0.731. The zero-order chi connectivity index (χ0) is 23.8. The van der Waals surface area contributed by atoms with Crippen LogP contribution in [0.2, 0.25) is 0 Å². The van der Waals surface area contributed by atoms with Gasteiger partial charge in [0, 0.05) is 51.0 Å². The molecule has 0 unspecified atom stereocenters. The van der Waals surface area contributed by atoms with Gasteiger partial charge < -0.3 is 19.3 Å². The Morgan fingerprint density at radius 2 is 1.82 bits per heavy atom. The summed E-state index contributed by atoms with van der Waals surface area (Å²) in [4.78, 5) is 29.3. The average Bonchev–Trinajstić information content (AvgIpc) is 3.27. The van der Waals surface area contributed by atoms with E-state index in [0.29, 0.717) is 44.3 Å². The third-order valence-corrected chi connectivity index (χ3v) is 6.06. The van der Waals surface area contributed by atoms with E-state index in [1.165, 1.54) is 0 Å². The van der Waals surface area contributed by atoms with Crippen molar-refractivity contribution in [3.05, 3.63) is 41.1 Å². The fourth-order valence-corrected chi connectivity index (χ4v) is 4.11. The van der Waals surface area contributed by atoms with Gasteiger partial charge in [-0.25, -0.2) is 0 Å². The van der Waals surface area contributed by atoms with Crippen LogP contribution < -0.4 is 4.90 Å². The average molecular weight is 457 g/mol. The lowest BCUT2D eigenvalue weighted by Crippen LogP contribution is -2.35. The maximum atomic E-state index is 13.2. The number of amides is 2. The number of aliphatic hydroxyl groups excluding tert-OH is 1. The van der Waals surface area contributed by atoms with E-state index in [1.54, 1.807) is 11.8 Å². The summed E-state index contributed by atoms with van der Waals surface area (Å²) in [5, 5.41) is 17.8. The lowest BCUT2D eigenvalue weighted by molar-refractivity contribution is -0.132. The maximum absolute atomic E-state index is 13.2. The van der Waals surface area contributed by atoms with Gasteiger partial charge in [0.05, 0.1) is 6.61 Å². The second kappa shape index (κ2) is 11.9. The molecule has 1 aromatic heterocycles. The van der Waals surface area contributed by atoms with Crippen molar-refractivity contribution in [3.8, 4) is 0 Å². The highest BCUT2D eigenvalue weighted by atomic mass is 16.4. The molecular formula is C25H36N4O4. The molecule has 0 radical (unpaired) electrons. The van der Waals surface area contributed by atoms with Crippen LogP contribution in [0.5, 0.6) is 0 Å². The molecule has 33 heavy (non-hydrogen) atoms. The zero-order valence-electron chi connectivity index (χ0n) is 20.0. The van der Waals surface area contributed by atoms with E-state index in [0.717, 1.165) is 48.9 Å². The Hall–Kier alpha value is -2.74. The van der Waals surface area contributed by atoms with E-state index in [2.05, 4.69) is 10.2 Å². The van der Waals surface area contributed by atoms with E-state index in [1.807, 2.05) is 36.9 Å². The first-order chi connectivity index (χ1) is 15.9. The summed E-state index contributed by atoms with van der Waals surface area (Å²) in [7, 11) is 0. The van der Waals surface area contributed by atoms with Gasteiger partial charge in [-0.3, -0.25) is 9.59 Å². The fraction of sp³-hybridized carbons (Fsp3) is 0.600. The van der Waals surface area contributed by atoms with Crippen molar-refractivity contribution >= 4 is 17.5 Å². The topological polar surface area (TPSA) is 99.8 Å². The van der Waals surface area contributed by atoms with Gasteiger partial charge >= 0.3 is 0 Å². The van der Waals surface area contributed by atoms with E-state index < -0.39 is 0 Å². The number of anilines is 1. The van der Waals surface area contributed by atoms with Crippen molar-refractivity contribution < 1.29 is 19.1 Å². The molecule has 8 heteroatoms. The summed E-state index contributed by atoms with van der Waals surface area (Å²) in [6, 6.07) is 5.66. The fourth-order valence-electron chi connectivity index (χ4n) is 4.11. The molecule has 2 aromatic rings. The van der Waals surface area contributed by atoms with Crippen molar-refractivity contribution in [2.45, 2.75) is 84.8 Å². The Balaban J connectivity index is 1.81. The molecule has 0 atom stereocenters. The van der Waals surface area contributed by atoms with Crippen molar-refractivity contribution in [1.82, 2.24) is 15.1 Å². The van der Waals surface area contributed by atoms with Crippen molar-refractivity contribution in [2.24, 2.45) is 0 Å². The van der Waals surface area contributed by atoms with E-state index in [9.17, 15) is 14.7 Å². The molecule has 1 aliphatic rings. The number of carbonyl (C=O) groups is 2. The number of nitrogens with zero attached hydrogens (tertiary/aromatic N) is 4. The molecule has 0 saturated heterocycles. The minimum absolute atomic E-state index is 0.0290. The molecule has 1 N–H and O–H groups in total. The first-order valence-electron chi connectivity index (χ1n) is 12.0. The maximum Gasteiger partial charge on any atom is 0.223 e. The summed E-state index contributed by atoms with van der Waals surface area (Å²) in [5.74, 6) is 1.22. The Kier molecular flexibility index (Phi) is 9.00. The van der Waals surface area contributed by atoms with Crippen LogP contribution in [0.15, 0.2) is 22.6 Å². The van der Waals surface area contributed by atoms with Crippen LogP contribution in [0.4, 0.5) is 5.69 Å². The second-order valence-corrected chi connectivity index (χ2v) is 9.06. The number of aryl methyl sites for hydroxylation is 1. The molecule has 2 amide bonds. The van der Waals surface area contributed by atoms with Gasteiger partial charge in [-0.15, -0.1) is 10.2 Å². The molecule has 1 aliphatic heterocycles. The monoisotopic (exact) mass is 456 g/mol.